The lowest BCUT2D eigenvalue weighted by molar-refractivity contribution is -0.116. The van der Waals surface area contributed by atoms with E-state index < -0.39 is 5.91 Å². The number of anilines is 1. The van der Waals surface area contributed by atoms with Gasteiger partial charge in [0, 0.05) is 11.3 Å². The molecule has 0 unspecified atom stereocenters. The van der Waals surface area contributed by atoms with Gasteiger partial charge in [0.15, 0.2) is 0 Å². The Kier molecular flexibility index (Phi) is 5.05. The van der Waals surface area contributed by atoms with E-state index in [0.29, 0.717) is 28.8 Å². The number of fused-ring (bicyclic) bond motifs is 1. The van der Waals surface area contributed by atoms with E-state index in [2.05, 4.69) is 12.2 Å². The summed E-state index contributed by atoms with van der Waals surface area (Å²) in [6.07, 6.45) is 9.57. The molecule has 3 N–H and O–H groups in total. The van der Waals surface area contributed by atoms with E-state index in [1.807, 2.05) is 0 Å². The lowest BCUT2D eigenvalue weighted by Gasteiger charge is -2.18. The van der Waals surface area contributed by atoms with E-state index in [0.717, 1.165) is 31.2 Å². The summed E-state index contributed by atoms with van der Waals surface area (Å²) in [6, 6.07) is 0. The number of carbonyl (C=O) groups excluding carboxylic acids is 2. The highest BCUT2D eigenvalue weighted by Crippen LogP contribution is 2.39. The van der Waals surface area contributed by atoms with Crippen molar-refractivity contribution in [1.29, 1.82) is 0 Å². The molecular weight excluding hydrogens is 308 g/mol. The van der Waals surface area contributed by atoms with Gasteiger partial charge in [-0.15, -0.1) is 11.3 Å². The number of rotatable bonds is 5. The second-order valence-corrected chi connectivity index (χ2v) is 8.26. The van der Waals surface area contributed by atoms with Gasteiger partial charge in [-0.05, 0) is 43.1 Å². The number of hydrogen-bond donors (Lipinski definition) is 2. The average molecular weight is 334 g/mol. The van der Waals surface area contributed by atoms with Crippen LogP contribution in [0, 0.1) is 11.8 Å². The maximum atomic E-state index is 12.3. The Morgan fingerprint density at radius 3 is 2.70 bits per heavy atom. The average Bonchev–Trinajstić information content (AvgIpc) is 3.11. The SMILES string of the molecule is C[C@@H]1CCc2c(sc(NC(=O)CCC3CCCC3)c2C(N)=O)C1. The fourth-order valence-corrected chi connectivity index (χ4v) is 5.36. The highest BCUT2D eigenvalue weighted by atomic mass is 32.1. The minimum absolute atomic E-state index is 0.0195. The van der Waals surface area contributed by atoms with Crippen LogP contribution in [0.3, 0.4) is 0 Å². The Labute approximate surface area is 141 Å². The van der Waals surface area contributed by atoms with Crippen molar-refractivity contribution in [1.82, 2.24) is 0 Å². The van der Waals surface area contributed by atoms with E-state index in [9.17, 15) is 9.59 Å². The van der Waals surface area contributed by atoms with Gasteiger partial charge in [0.05, 0.1) is 5.56 Å². The van der Waals surface area contributed by atoms with Crippen LogP contribution in [0.2, 0.25) is 0 Å². The molecule has 1 saturated carbocycles. The van der Waals surface area contributed by atoms with E-state index >= 15 is 0 Å². The van der Waals surface area contributed by atoms with Gasteiger partial charge in [-0.25, -0.2) is 0 Å². The number of thiophene rings is 1. The van der Waals surface area contributed by atoms with Crippen LogP contribution in [0.4, 0.5) is 5.00 Å². The van der Waals surface area contributed by atoms with E-state index in [1.165, 1.54) is 30.6 Å². The number of nitrogens with one attached hydrogen (secondary N) is 1. The van der Waals surface area contributed by atoms with Crippen molar-refractivity contribution in [3.05, 3.63) is 16.0 Å². The van der Waals surface area contributed by atoms with Crippen LogP contribution in [0.15, 0.2) is 0 Å². The highest BCUT2D eigenvalue weighted by molar-refractivity contribution is 7.17. The number of carbonyl (C=O) groups is 2. The molecule has 2 aliphatic rings. The summed E-state index contributed by atoms with van der Waals surface area (Å²) in [4.78, 5) is 25.4. The molecule has 0 radical (unpaired) electrons. The van der Waals surface area contributed by atoms with Crippen molar-refractivity contribution >= 4 is 28.2 Å². The second kappa shape index (κ2) is 7.04. The summed E-state index contributed by atoms with van der Waals surface area (Å²) in [5.74, 6) is 0.940. The number of hydrogen-bond acceptors (Lipinski definition) is 3. The van der Waals surface area contributed by atoms with Gasteiger partial charge in [-0.1, -0.05) is 32.6 Å². The molecule has 4 nitrogen and oxygen atoms in total. The Bertz CT molecular complexity index is 602. The molecular formula is C18H26N2O2S. The third-order valence-electron chi connectivity index (χ3n) is 5.27. The Hall–Kier alpha value is -1.36. The van der Waals surface area contributed by atoms with Crippen LogP contribution in [-0.4, -0.2) is 11.8 Å². The normalized spacial score (nSPS) is 21.2. The van der Waals surface area contributed by atoms with Gasteiger partial charge in [0.1, 0.15) is 5.00 Å². The quantitative estimate of drug-likeness (QED) is 0.857. The second-order valence-electron chi connectivity index (χ2n) is 7.16. The molecule has 3 rings (SSSR count). The monoisotopic (exact) mass is 334 g/mol. The molecule has 0 aromatic carbocycles. The van der Waals surface area contributed by atoms with Gasteiger partial charge >= 0.3 is 0 Å². The molecule has 1 aromatic rings. The largest absolute Gasteiger partial charge is 0.365 e. The van der Waals surface area contributed by atoms with Crippen molar-refractivity contribution in [2.75, 3.05) is 5.32 Å². The number of primary amides is 1. The molecule has 2 aliphatic carbocycles. The van der Waals surface area contributed by atoms with Crippen LogP contribution in [0.5, 0.6) is 0 Å². The van der Waals surface area contributed by atoms with Crippen LogP contribution < -0.4 is 11.1 Å². The lowest BCUT2D eigenvalue weighted by Crippen LogP contribution is -2.19. The summed E-state index contributed by atoms with van der Waals surface area (Å²) < 4.78 is 0. The summed E-state index contributed by atoms with van der Waals surface area (Å²) in [5, 5.41) is 3.64. The Morgan fingerprint density at radius 2 is 2.00 bits per heavy atom. The summed E-state index contributed by atoms with van der Waals surface area (Å²) in [7, 11) is 0. The minimum atomic E-state index is -0.414. The minimum Gasteiger partial charge on any atom is -0.365 e. The summed E-state index contributed by atoms with van der Waals surface area (Å²) in [6.45, 7) is 2.23. The van der Waals surface area contributed by atoms with Crippen molar-refractivity contribution in [2.45, 2.75) is 64.7 Å². The first kappa shape index (κ1) is 16.5. The lowest BCUT2D eigenvalue weighted by atomic mass is 9.88. The maximum absolute atomic E-state index is 12.3. The van der Waals surface area contributed by atoms with E-state index in [-0.39, 0.29) is 5.91 Å². The predicted octanol–water partition coefficient (Wildman–Crippen LogP) is 3.88. The zero-order valence-electron chi connectivity index (χ0n) is 13.8. The summed E-state index contributed by atoms with van der Waals surface area (Å²) in [5.41, 5.74) is 7.22. The molecule has 0 spiro atoms. The van der Waals surface area contributed by atoms with Gasteiger partial charge in [-0.3, -0.25) is 9.59 Å². The van der Waals surface area contributed by atoms with Crippen LogP contribution in [-0.2, 0) is 17.6 Å². The first-order valence-electron chi connectivity index (χ1n) is 8.78. The fourth-order valence-electron chi connectivity index (χ4n) is 3.92. The molecule has 2 amide bonds. The molecule has 23 heavy (non-hydrogen) atoms. The number of nitrogens with two attached hydrogens (primary N) is 1. The molecule has 0 saturated heterocycles. The first-order chi connectivity index (χ1) is 11.0. The topological polar surface area (TPSA) is 72.2 Å². The molecule has 0 aliphatic heterocycles. The standard InChI is InChI=1S/C18H26N2O2S/c1-11-6-8-13-14(10-11)23-18(16(13)17(19)22)20-15(21)9-7-12-4-2-3-5-12/h11-12H,2-10H2,1H3,(H2,19,22)(H,20,21)/t11-/m1/s1. The number of amides is 2. The van der Waals surface area contributed by atoms with Gasteiger partial charge < -0.3 is 11.1 Å². The zero-order valence-corrected chi connectivity index (χ0v) is 14.6. The third-order valence-corrected chi connectivity index (χ3v) is 6.44. The smallest absolute Gasteiger partial charge is 0.251 e. The molecule has 1 aromatic heterocycles. The van der Waals surface area contributed by atoms with E-state index in [1.54, 1.807) is 11.3 Å². The molecule has 5 heteroatoms. The first-order valence-corrected chi connectivity index (χ1v) is 9.60. The van der Waals surface area contributed by atoms with Gasteiger partial charge in [-0.2, -0.15) is 0 Å². The van der Waals surface area contributed by atoms with E-state index in [4.69, 9.17) is 5.73 Å². The fraction of sp³-hybridized carbons (Fsp3) is 0.667. The predicted molar refractivity (Wildman–Crippen MR) is 93.8 cm³/mol. The highest BCUT2D eigenvalue weighted by Gasteiger charge is 2.27. The maximum Gasteiger partial charge on any atom is 0.251 e. The Balaban J connectivity index is 1.69. The summed E-state index contributed by atoms with van der Waals surface area (Å²) >= 11 is 1.55. The van der Waals surface area contributed by atoms with Crippen LogP contribution in [0.25, 0.3) is 0 Å². The molecule has 126 valence electrons. The van der Waals surface area contributed by atoms with Crippen molar-refractivity contribution in [3.63, 3.8) is 0 Å². The third kappa shape index (κ3) is 3.77. The Morgan fingerprint density at radius 1 is 1.26 bits per heavy atom. The molecule has 1 atom stereocenters. The molecule has 1 heterocycles. The molecule has 1 fully saturated rings. The van der Waals surface area contributed by atoms with Gasteiger partial charge in [0.2, 0.25) is 5.91 Å². The zero-order chi connectivity index (χ0) is 16.4. The van der Waals surface area contributed by atoms with Gasteiger partial charge in [0.25, 0.3) is 5.91 Å². The van der Waals surface area contributed by atoms with Crippen molar-refractivity contribution in [3.8, 4) is 0 Å². The molecule has 0 bridgehead atoms. The van der Waals surface area contributed by atoms with Crippen molar-refractivity contribution < 1.29 is 9.59 Å². The van der Waals surface area contributed by atoms with Crippen molar-refractivity contribution in [2.24, 2.45) is 17.6 Å². The van der Waals surface area contributed by atoms with Crippen LogP contribution in [0.1, 0.15) is 72.7 Å². The van der Waals surface area contributed by atoms with Crippen LogP contribution >= 0.6 is 11.3 Å².